The average Bonchev–Trinajstić information content (AvgIpc) is 0.820. The Balaban J connectivity index is 0.000000224. The number of rotatable bonds is 21. The summed E-state index contributed by atoms with van der Waals surface area (Å²) in [7, 11) is 2.19. The van der Waals surface area contributed by atoms with Gasteiger partial charge in [-0.3, -0.25) is 0 Å². The van der Waals surface area contributed by atoms with Crippen LogP contribution in [0.15, 0.2) is 172 Å². The molecule has 0 atom stereocenters. The number of nitrogens with two attached hydrogens (primary N) is 1. The van der Waals surface area contributed by atoms with Gasteiger partial charge >= 0.3 is 0 Å². The molecule has 0 unspecified atom stereocenters. The van der Waals surface area contributed by atoms with Crippen LogP contribution in [0, 0.1) is 0 Å². The fourth-order valence-corrected chi connectivity index (χ4v) is 16.7. The molecule has 2 aliphatic rings. The van der Waals surface area contributed by atoms with Crippen LogP contribution in [0.2, 0.25) is 25.6 Å². The number of benzene rings is 3. The third-order valence-electron chi connectivity index (χ3n) is 16.2. The Labute approximate surface area is 649 Å². The van der Waals surface area contributed by atoms with E-state index in [4.69, 9.17) is 77.9 Å². The van der Waals surface area contributed by atoms with Crippen LogP contribution in [-0.4, -0.2) is 154 Å². The number of halogens is 6. The van der Waals surface area contributed by atoms with E-state index in [0.29, 0.717) is 74.4 Å². The highest BCUT2D eigenvalue weighted by atomic mass is 79.9. The number of anilines is 1. The van der Waals surface area contributed by atoms with Crippen molar-refractivity contribution in [1.29, 1.82) is 0 Å². The number of nitrogens with zero attached hydrogens (tertiary/aromatic N) is 11. The third kappa shape index (κ3) is 27.3. The zero-order valence-electron chi connectivity index (χ0n) is 58.2. The summed E-state index contributed by atoms with van der Waals surface area (Å²) in [6.45, 7) is 3.54. The van der Waals surface area contributed by atoms with E-state index >= 15 is 0 Å². The van der Waals surface area contributed by atoms with Crippen molar-refractivity contribution in [3.05, 3.63) is 228 Å². The predicted molar refractivity (Wildman–Crippen MR) is 425 cm³/mol. The summed E-state index contributed by atoms with van der Waals surface area (Å²) in [5.74, 6) is 0.804. The lowest BCUT2D eigenvalue weighted by Gasteiger charge is -2.32. The van der Waals surface area contributed by atoms with Crippen LogP contribution in [0.3, 0.4) is 0 Å². The van der Waals surface area contributed by atoms with Gasteiger partial charge in [0, 0.05) is 89.2 Å². The van der Waals surface area contributed by atoms with E-state index in [2.05, 4.69) is 111 Å². The van der Waals surface area contributed by atoms with Gasteiger partial charge in [-0.25, -0.2) is 70.1 Å². The summed E-state index contributed by atoms with van der Waals surface area (Å²) in [6, 6.07) is 31.5. The quantitative estimate of drug-likeness (QED) is 0.0632. The molecule has 6 aromatic heterocycles. The second-order valence-corrected chi connectivity index (χ2v) is 32.7. The van der Waals surface area contributed by atoms with Crippen LogP contribution in [0.5, 0.6) is 17.6 Å². The van der Waals surface area contributed by atoms with E-state index in [-0.39, 0.29) is 65.0 Å². The zero-order chi connectivity index (χ0) is 75.6. The molecule has 6 heterocycles. The van der Waals surface area contributed by atoms with Crippen molar-refractivity contribution in [3.8, 4) is 17.6 Å². The SMILES string of the molecule is C.C=Cc1cnc(Cl)nc1.CN(C)C1CCC(N)CC1.COc1nc(CS(=O)(=O)c2ccccc2Cl)ccc1/C=C/c1cnc(Cl)nc1.COc1nc(CS(=O)(=O)c2ccccc2Cl)ccc1/C=C/c1cnc(NC2CCC(N(C)C)CC2)nc1.COc1nc(CS(=O)(=O)c2ccccc2Cl)ccc1Br. The van der Waals surface area contributed by atoms with Crippen LogP contribution in [-0.2, 0) is 46.8 Å². The Hall–Kier alpha value is -7.57. The topological polar surface area (TPSA) is 291 Å². The van der Waals surface area contributed by atoms with Crippen molar-refractivity contribution in [2.45, 2.75) is 115 Å². The van der Waals surface area contributed by atoms with E-state index in [9.17, 15) is 25.3 Å². The van der Waals surface area contributed by atoms with Crippen molar-refractivity contribution < 1.29 is 39.5 Å². The summed E-state index contributed by atoms with van der Waals surface area (Å²) in [5, 5.41) is 4.45. The van der Waals surface area contributed by atoms with Crippen molar-refractivity contribution in [1.82, 2.24) is 54.7 Å². The van der Waals surface area contributed by atoms with E-state index in [1.54, 1.807) is 140 Å². The molecule has 3 N–H and O–H groups in total. The van der Waals surface area contributed by atoms with Gasteiger partial charge in [0.2, 0.25) is 34.2 Å². The fourth-order valence-electron chi connectivity index (χ4n) is 10.6. The van der Waals surface area contributed by atoms with E-state index < -0.39 is 29.5 Å². The maximum atomic E-state index is 12.8. The molecule has 2 saturated carbocycles. The standard InChI is InChI=1S/C27H32ClN5O3S.C19H15Cl2N3O3S.C13H11BrClNO3S.C8H18N2.C6H5ClN2.CH4/c1-33(2)23-14-12-21(13-15-23)32-27-29-16-19(17-30-27)8-9-20-10-11-22(31-26(20)36-3)18-37(34,35)25-7-5-4-6-24(25)28;1-27-18-14(7-6-13-10-22-19(21)23-11-13)8-9-15(24-18)12-28(25,26)17-5-3-2-4-16(17)20;1-19-13-10(14)7-6-9(16-13)8-20(17,18)12-5-3-2-4-11(12)15;1-10(2)8-5-3-7(9)4-6-8;1-2-5-3-8-6(7)9-4-5;/h4-11,16-17,21,23H,12-15,18H2,1-3H3,(H,29,30,32);2-11H,12H2,1H3;2-7H,8H2,1H3;7-8H,3-6,9H2,1-2H3;2-4H,1H2;1H4/b9-8+;7-6+;;;;. The zero-order valence-corrected chi connectivity index (χ0v) is 66.0. The lowest BCUT2D eigenvalue weighted by molar-refractivity contribution is 0.217. The monoisotopic (exact) mass is 1650 g/mol. The van der Waals surface area contributed by atoms with Gasteiger partial charge < -0.3 is 35.1 Å². The minimum atomic E-state index is -3.65. The van der Waals surface area contributed by atoms with E-state index in [0.717, 1.165) is 35.6 Å². The second-order valence-electron chi connectivity index (χ2n) is 24.1. The van der Waals surface area contributed by atoms with Gasteiger partial charge in [0.1, 0.15) is 0 Å². The number of aromatic nitrogens is 9. The van der Waals surface area contributed by atoms with Gasteiger partial charge in [0.05, 0.1) is 89.9 Å². The molecule has 11 rings (SSSR count). The van der Waals surface area contributed by atoms with Gasteiger partial charge in [-0.15, -0.1) is 0 Å². The molecule has 9 aromatic rings. The highest BCUT2D eigenvalue weighted by Crippen LogP contribution is 2.31. The predicted octanol–water partition coefficient (Wildman–Crippen LogP) is 16.0. The van der Waals surface area contributed by atoms with E-state index in [1.165, 1.54) is 84.1 Å². The number of nitrogens with one attached hydrogen (secondary N) is 1. The molecule has 0 bridgehead atoms. The Morgan fingerprint density at radius 1 is 0.476 bits per heavy atom. The summed E-state index contributed by atoms with van der Waals surface area (Å²) < 4.78 is 92.0. The average molecular weight is 1650 g/mol. The summed E-state index contributed by atoms with van der Waals surface area (Å²) >= 11 is 32.4. The summed E-state index contributed by atoms with van der Waals surface area (Å²) in [5.41, 5.74) is 10.7. The summed E-state index contributed by atoms with van der Waals surface area (Å²) in [6.07, 6.45) is 28.4. The molecule has 0 radical (unpaired) electrons. The minimum absolute atomic E-state index is 0. The maximum absolute atomic E-state index is 12.8. The lowest BCUT2D eigenvalue weighted by Crippen LogP contribution is -2.36. The summed E-state index contributed by atoms with van der Waals surface area (Å²) in [4.78, 5) is 41.9. The molecular weight excluding hydrogens is 1570 g/mol. The molecule has 3 aromatic carbocycles. The van der Waals surface area contributed by atoms with Crippen molar-refractivity contribution in [2.75, 3.05) is 54.8 Å². The van der Waals surface area contributed by atoms with Gasteiger partial charge in [0.25, 0.3) is 0 Å². The molecule has 0 aliphatic heterocycles. The molecule has 0 saturated heterocycles. The molecule has 22 nitrogen and oxygen atoms in total. The number of ether oxygens (including phenoxy) is 3. The van der Waals surface area contributed by atoms with Crippen molar-refractivity contribution >= 4 is 140 Å². The van der Waals surface area contributed by atoms with E-state index in [1.807, 2.05) is 12.2 Å². The lowest BCUT2D eigenvalue weighted by atomic mass is 9.91. The van der Waals surface area contributed by atoms with Crippen LogP contribution >= 0.6 is 73.9 Å². The Kier molecular flexibility index (Phi) is 34.6. The Morgan fingerprint density at radius 3 is 1.16 bits per heavy atom. The molecule has 105 heavy (non-hydrogen) atoms. The first-order chi connectivity index (χ1) is 49.6. The minimum Gasteiger partial charge on any atom is -0.481 e. The van der Waals surface area contributed by atoms with Crippen LogP contribution in [0.25, 0.3) is 30.4 Å². The smallest absolute Gasteiger partial charge is 0.227 e. The van der Waals surface area contributed by atoms with Gasteiger partial charge in [-0.05, 0) is 204 Å². The molecule has 31 heteroatoms. The number of methoxy groups -OCH3 is 3. The Bertz CT molecular complexity index is 4700. The highest BCUT2D eigenvalue weighted by molar-refractivity contribution is 9.10. The first-order valence-corrected chi connectivity index (χ1v) is 40.0. The fraction of sp³-hybridized carbons (Fsp3) is 0.311. The second kappa shape index (κ2) is 42.1. The van der Waals surface area contributed by atoms with Crippen LogP contribution in [0.4, 0.5) is 5.95 Å². The first-order valence-electron chi connectivity index (χ1n) is 32.4. The first kappa shape index (κ1) is 86.4. The number of hydrogen-bond donors (Lipinski definition) is 2. The molecular formula is C74H85BrCl5N13O9S3. The normalized spacial score (nSPS) is 15.8. The van der Waals surface area contributed by atoms with Gasteiger partial charge in [0.15, 0.2) is 29.5 Å². The molecule has 0 amide bonds. The molecule has 2 fully saturated rings. The molecule has 2 aliphatic carbocycles. The van der Waals surface area contributed by atoms with Crippen LogP contribution < -0.4 is 25.3 Å². The van der Waals surface area contributed by atoms with Crippen molar-refractivity contribution in [3.63, 3.8) is 0 Å². The number of sulfone groups is 3. The largest absolute Gasteiger partial charge is 0.481 e. The third-order valence-corrected chi connectivity index (χ3v) is 23.6. The maximum Gasteiger partial charge on any atom is 0.227 e. The highest BCUT2D eigenvalue weighted by Gasteiger charge is 2.26. The van der Waals surface area contributed by atoms with Crippen molar-refractivity contribution in [2.24, 2.45) is 5.73 Å². The Morgan fingerprint density at radius 2 is 0.810 bits per heavy atom. The number of pyridine rings is 3. The van der Waals surface area contributed by atoms with Gasteiger partial charge in [-0.1, -0.05) is 103 Å². The molecule has 0 spiro atoms. The molecule has 560 valence electrons. The van der Waals surface area contributed by atoms with Gasteiger partial charge in [-0.2, -0.15) is 0 Å². The number of hydrogen-bond acceptors (Lipinski definition) is 22. The van der Waals surface area contributed by atoms with Crippen LogP contribution in [0.1, 0.15) is 104 Å².